The van der Waals surface area contributed by atoms with E-state index >= 15 is 0 Å². The van der Waals surface area contributed by atoms with Gasteiger partial charge in [-0.3, -0.25) is 0 Å². The van der Waals surface area contributed by atoms with Gasteiger partial charge in [0.1, 0.15) is 11.4 Å². The highest BCUT2D eigenvalue weighted by molar-refractivity contribution is 6.30. The van der Waals surface area contributed by atoms with E-state index in [1.165, 1.54) is 0 Å². The Morgan fingerprint density at radius 3 is 3.05 bits per heavy atom. The summed E-state index contributed by atoms with van der Waals surface area (Å²) in [5.41, 5.74) is 0.409. The van der Waals surface area contributed by atoms with Gasteiger partial charge in [-0.2, -0.15) is 0 Å². The summed E-state index contributed by atoms with van der Waals surface area (Å²) >= 11 is 5.98. The van der Waals surface area contributed by atoms with Crippen LogP contribution in [-0.2, 0) is 4.74 Å². The minimum absolute atomic E-state index is 0.0553. The Morgan fingerprint density at radius 2 is 2.26 bits per heavy atom. The molecule has 0 bridgehead atoms. The minimum atomic E-state index is -0.529. The molecule has 3 unspecified atom stereocenters. The summed E-state index contributed by atoms with van der Waals surface area (Å²) in [5, 5.41) is 11.1. The number of hydrogen-bond acceptors (Lipinski definition) is 3. The predicted molar refractivity (Wildman–Crippen MR) is 73.7 cm³/mol. The highest BCUT2D eigenvalue weighted by atomic mass is 35.5. The molecule has 3 nitrogen and oxygen atoms in total. The van der Waals surface area contributed by atoms with E-state index in [1.54, 1.807) is 19.2 Å². The highest BCUT2D eigenvalue weighted by Crippen LogP contribution is 2.47. The molecule has 104 valence electrons. The molecule has 1 aliphatic heterocycles. The van der Waals surface area contributed by atoms with E-state index in [4.69, 9.17) is 21.1 Å². The van der Waals surface area contributed by atoms with E-state index < -0.39 is 6.10 Å². The lowest BCUT2D eigenvalue weighted by Gasteiger charge is -2.47. The summed E-state index contributed by atoms with van der Waals surface area (Å²) in [6.07, 6.45) is 4.32. The zero-order valence-electron chi connectivity index (χ0n) is 11.1. The molecule has 1 fully saturated rings. The van der Waals surface area contributed by atoms with Gasteiger partial charge in [-0.15, -0.1) is 0 Å². The maximum absolute atomic E-state index is 10.4. The molecular weight excluding hydrogens is 264 g/mol. The third-order valence-electron chi connectivity index (χ3n) is 4.37. The van der Waals surface area contributed by atoms with Gasteiger partial charge in [-0.05, 0) is 37.5 Å². The maximum atomic E-state index is 10.4. The number of methoxy groups -OCH3 is 1. The van der Waals surface area contributed by atoms with Crippen molar-refractivity contribution >= 4 is 11.6 Å². The zero-order chi connectivity index (χ0) is 13.5. The normalized spacial score (nSPS) is 33.8. The van der Waals surface area contributed by atoms with Crippen LogP contribution in [0.5, 0.6) is 5.75 Å². The molecule has 0 radical (unpaired) electrons. The van der Waals surface area contributed by atoms with E-state index in [2.05, 4.69) is 0 Å². The van der Waals surface area contributed by atoms with Crippen molar-refractivity contribution in [2.45, 2.75) is 49.9 Å². The Balaban J connectivity index is 1.97. The van der Waals surface area contributed by atoms with Crippen LogP contribution in [0, 0.1) is 0 Å². The summed E-state index contributed by atoms with van der Waals surface area (Å²) in [6.45, 7) is 0. The average molecular weight is 283 g/mol. The van der Waals surface area contributed by atoms with Crippen molar-refractivity contribution in [2.24, 2.45) is 0 Å². The van der Waals surface area contributed by atoms with Crippen LogP contribution in [0.2, 0.25) is 5.02 Å². The Morgan fingerprint density at radius 1 is 1.42 bits per heavy atom. The quantitative estimate of drug-likeness (QED) is 0.857. The molecular formula is C15H19ClO3. The molecule has 19 heavy (non-hydrogen) atoms. The van der Waals surface area contributed by atoms with Crippen LogP contribution in [0.4, 0.5) is 0 Å². The first-order valence-corrected chi connectivity index (χ1v) is 7.22. The van der Waals surface area contributed by atoms with Crippen molar-refractivity contribution in [3.63, 3.8) is 0 Å². The van der Waals surface area contributed by atoms with E-state index in [1.807, 2.05) is 6.07 Å². The van der Waals surface area contributed by atoms with Crippen molar-refractivity contribution in [3.8, 4) is 5.75 Å². The van der Waals surface area contributed by atoms with E-state index in [9.17, 15) is 5.11 Å². The van der Waals surface area contributed by atoms with Crippen molar-refractivity contribution in [2.75, 3.05) is 7.11 Å². The lowest BCUT2D eigenvalue weighted by atomic mass is 9.75. The summed E-state index contributed by atoms with van der Waals surface area (Å²) in [5.74, 6) is 0.743. The molecule has 0 amide bonds. The lowest BCUT2D eigenvalue weighted by Crippen LogP contribution is -2.53. The Bertz CT molecular complexity index is 476. The summed E-state index contributed by atoms with van der Waals surface area (Å²) in [7, 11) is 1.73. The standard InChI is InChI=1S/C15H19ClO3/c1-18-14-4-2-3-7-15(14)9-12(17)11-8-10(16)5-6-13(11)19-15/h5-6,8,12,14,17H,2-4,7,9H2,1H3. The van der Waals surface area contributed by atoms with Crippen LogP contribution in [0.3, 0.4) is 0 Å². The van der Waals surface area contributed by atoms with Crippen LogP contribution < -0.4 is 4.74 Å². The third kappa shape index (κ3) is 2.24. The largest absolute Gasteiger partial charge is 0.484 e. The monoisotopic (exact) mass is 282 g/mol. The molecule has 1 aromatic rings. The number of fused-ring (bicyclic) bond motifs is 1. The molecule has 3 atom stereocenters. The molecule has 1 aromatic carbocycles. The van der Waals surface area contributed by atoms with Crippen LogP contribution in [0.25, 0.3) is 0 Å². The van der Waals surface area contributed by atoms with Crippen molar-refractivity contribution in [1.82, 2.24) is 0 Å². The Kier molecular flexibility index (Phi) is 3.46. The van der Waals surface area contributed by atoms with Gasteiger partial charge in [0.25, 0.3) is 0 Å². The van der Waals surface area contributed by atoms with Crippen molar-refractivity contribution < 1.29 is 14.6 Å². The van der Waals surface area contributed by atoms with Crippen molar-refractivity contribution in [3.05, 3.63) is 28.8 Å². The van der Waals surface area contributed by atoms with Crippen molar-refractivity contribution in [1.29, 1.82) is 0 Å². The number of aliphatic hydroxyl groups is 1. The second-order valence-corrected chi connectivity index (χ2v) is 5.98. The fraction of sp³-hybridized carbons (Fsp3) is 0.600. The van der Waals surface area contributed by atoms with Crippen LogP contribution in [0.1, 0.15) is 43.8 Å². The molecule has 0 saturated heterocycles. The summed E-state index contributed by atoms with van der Waals surface area (Å²) < 4.78 is 11.9. The molecule has 1 N–H and O–H groups in total. The number of hydrogen-bond donors (Lipinski definition) is 1. The topological polar surface area (TPSA) is 38.7 Å². The highest BCUT2D eigenvalue weighted by Gasteiger charge is 2.48. The van der Waals surface area contributed by atoms with Gasteiger partial charge < -0.3 is 14.6 Å². The fourth-order valence-electron chi connectivity index (χ4n) is 3.43. The minimum Gasteiger partial charge on any atom is -0.484 e. The SMILES string of the molecule is COC1CCCCC12CC(O)c1cc(Cl)ccc1O2. The maximum Gasteiger partial charge on any atom is 0.138 e. The molecule has 1 saturated carbocycles. The Hall–Kier alpha value is -0.770. The molecule has 3 rings (SSSR count). The van der Waals surface area contributed by atoms with Gasteiger partial charge in [-0.1, -0.05) is 18.0 Å². The lowest BCUT2D eigenvalue weighted by molar-refractivity contribution is -0.130. The molecule has 1 spiro atoms. The summed E-state index contributed by atoms with van der Waals surface area (Å²) in [4.78, 5) is 0. The number of aliphatic hydroxyl groups excluding tert-OH is 1. The van der Waals surface area contributed by atoms with Gasteiger partial charge in [0.2, 0.25) is 0 Å². The van der Waals surface area contributed by atoms with Crippen LogP contribution in [-0.4, -0.2) is 23.9 Å². The first kappa shape index (κ1) is 13.2. The molecule has 2 aliphatic rings. The van der Waals surface area contributed by atoms with Gasteiger partial charge in [0, 0.05) is 24.1 Å². The molecule has 1 aliphatic carbocycles. The smallest absolute Gasteiger partial charge is 0.138 e. The summed E-state index contributed by atoms with van der Waals surface area (Å²) in [6, 6.07) is 5.44. The van der Waals surface area contributed by atoms with Gasteiger partial charge in [-0.25, -0.2) is 0 Å². The average Bonchev–Trinajstić information content (AvgIpc) is 2.40. The first-order chi connectivity index (χ1) is 9.14. The number of ether oxygens (including phenoxy) is 2. The molecule has 4 heteroatoms. The van der Waals surface area contributed by atoms with Gasteiger partial charge in [0.15, 0.2) is 0 Å². The number of halogens is 1. The first-order valence-electron chi connectivity index (χ1n) is 6.84. The molecule has 0 aromatic heterocycles. The van der Waals surface area contributed by atoms with Crippen LogP contribution in [0.15, 0.2) is 18.2 Å². The van der Waals surface area contributed by atoms with Gasteiger partial charge in [0.05, 0.1) is 12.2 Å². The second-order valence-electron chi connectivity index (χ2n) is 5.54. The Labute approximate surface area is 118 Å². The second kappa shape index (κ2) is 4.97. The molecule has 1 heterocycles. The zero-order valence-corrected chi connectivity index (χ0v) is 11.8. The third-order valence-corrected chi connectivity index (χ3v) is 4.61. The number of benzene rings is 1. The number of rotatable bonds is 1. The van der Waals surface area contributed by atoms with Gasteiger partial charge >= 0.3 is 0 Å². The van der Waals surface area contributed by atoms with E-state index in [0.717, 1.165) is 37.0 Å². The van der Waals surface area contributed by atoms with Crippen LogP contribution >= 0.6 is 11.6 Å². The van der Waals surface area contributed by atoms with E-state index in [-0.39, 0.29) is 11.7 Å². The fourth-order valence-corrected chi connectivity index (χ4v) is 3.61. The van der Waals surface area contributed by atoms with E-state index in [0.29, 0.717) is 11.4 Å². The predicted octanol–water partition coefficient (Wildman–Crippen LogP) is 3.48.